The Morgan fingerprint density at radius 3 is 2.97 bits per heavy atom. The molecule has 2 aromatic heterocycles. The summed E-state index contributed by atoms with van der Waals surface area (Å²) in [6.07, 6.45) is 3.24. The Bertz CT molecular complexity index is 1120. The molecule has 154 valence electrons. The number of anilines is 3. The molecule has 3 aliphatic heterocycles. The van der Waals surface area contributed by atoms with Gasteiger partial charge in [0, 0.05) is 37.5 Å². The number of fused-ring (bicyclic) bond motifs is 4. The van der Waals surface area contributed by atoms with Crippen molar-refractivity contribution in [1.29, 1.82) is 0 Å². The summed E-state index contributed by atoms with van der Waals surface area (Å²) in [5.41, 5.74) is 4.16. The lowest BCUT2D eigenvalue weighted by Gasteiger charge is -2.20. The van der Waals surface area contributed by atoms with Gasteiger partial charge in [-0.2, -0.15) is 5.10 Å². The molecule has 0 aliphatic carbocycles. The Morgan fingerprint density at radius 1 is 1.27 bits per heavy atom. The number of hydrogen-bond donors (Lipinski definition) is 1. The van der Waals surface area contributed by atoms with Crippen LogP contribution in [0.15, 0.2) is 35.2 Å². The van der Waals surface area contributed by atoms with Crippen LogP contribution in [0.3, 0.4) is 0 Å². The van der Waals surface area contributed by atoms with Crippen molar-refractivity contribution >= 4 is 23.3 Å². The molecule has 0 radical (unpaired) electrons. The number of nitrogens with one attached hydrogen (secondary N) is 1. The number of aryl methyl sites for hydroxylation is 1. The number of amides is 1. The van der Waals surface area contributed by atoms with Crippen molar-refractivity contribution in [1.82, 2.24) is 14.9 Å². The first-order valence-corrected chi connectivity index (χ1v) is 9.79. The molecule has 9 nitrogen and oxygen atoms in total. The van der Waals surface area contributed by atoms with Gasteiger partial charge in [-0.25, -0.2) is 9.18 Å². The molecule has 1 unspecified atom stereocenters. The molecule has 0 spiro atoms. The topological polar surface area (TPSA) is 88.7 Å². The molecule has 10 heteroatoms. The second-order valence-electron chi connectivity index (χ2n) is 7.89. The average molecular weight is 410 g/mol. The minimum atomic E-state index is -0.448. The number of aromatic nitrogens is 3. The Kier molecular flexibility index (Phi) is 3.59. The van der Waals surface area contributed by atoms with Crippen LogP contribution in [0.5, 0.6) is 0 Å². The molecule has 1 fully saturated rings. The van der Waals surface area contributed by atoms with Crippen molar-refractivity contribution in [2.75, 3.05) is 21.7 Å². The van der Waals surface area contributed by atoms with Gasteiger partial charge in [-0.1, -0.05) is 5.16 Å². The standard InChI is InChI=1S/C20H19FN6O3/c1-25-8-12-9-26(10-14(12)23-25)16-4-11-5-17-18(7-22-19-2-3-29-24-19)30-20(28)27(17)15(11)6-13(16)21/h2-4,6,8,17-18H,5,7,9-10H2,1H3,(H,22,24)/t17?,18-/m0/s1. The molecule has 30 heavy (non-hydrogen) atoms. The third-order valence-corrected chi connectivity index (χ3v) is 6.00. The van der Waals surface area contributed by atoms with Gasteiger partial charge < -0.3 is 19.5 Å². The third-order valence-electron chi connectivity index (χ3n) is 6.00. The predicted octanol–water partition coefficient (Wildman–Crippen LogP) is 2.43. The van der Waals surface area contributed by atoms with E-state index in [1.54, 1.807) is 15.6 Å². The van der Waals surface area contributed by atoms with E-state index in [2.05, 4.69) is 15.6 Å². The van der Waals surface area contributed by atoms with Gasteiger partial charge in [0.05, 0.1) is 36.2 Å². The van der Waals surface area contributed by atoms with Crippen LogP contribution in [0.1, 0.15) is 16.8 Å². The summed E-state index contributed by atoms with van der Waals surface area (Å²) in [5.74, 6) is 0.233. The zero-order valence-corrected chi connectivity index (χ0v) is 16.2. The Labute approximate surface area is 171 Å². The fourth-order valence-electron chi connectivity index (χ4n) is 4.66. The lowest BCUT2D eigenvalue weighted by molar-refractivity contribution is 0.137. The maximum atomic E-state index is 15.0. The van der Waals surface area contributed by atoms with Gasteiger partial charge in [0.15, 0.2) is 5.82 Å². The SMILES string of the molecule is Cn1cc2c(n1)CN(c1cc3c(cc1F)N1C(=O)O[C@@H](CNc4ccon4)C1C3)C2. The molecular weight excluding hydrogens is 391 g/mol. The van der Waals surface area contributed by atoms with Crippen LogP contribution >= 0.6 is 0 Å². The quantitative estimate of drug-likeness (QED) is 0.707. The highest BCUT2D eigenvalue weighted by Crippen LogP contribution is 2.42. The molecule has 2 atom stereocenters. The lowest BCUT2D eigenvalue weighted by atomic mass is 10.0. The van der Waals surface area contributed by atoms with Gasteiger partial charge in [-0.15, -0.1) is 0 Å². The highest BCUT2D eigenvalue weighted by molar-refractivity contribution is 5.94. The van der Waals surface area contributed by atoms with Crippen LogP contribution in [-0.2, 0) is 31.3 Å². The number of rotatable bonds is 4. The van der Waals surface area contributed by atoms with Crippen LogP contribution in [0, 0.1) is 5.82 Å². The van der Waals surface area contributed by atoms with Gasteiger partial charge in [-0.3, -0.25) is 9.58 Å². The number of carbonyl (C=O) groups is 1. The second kappa shape index (κ2) is 6.22. The van der Waals surface area contributed by atoms with E-state index in [0.717, 1.165) is 16.8 Å². The first-order chi connectivity index (χ1) is 14.6. The first kappa shape index (κ1) is 17.3. The molecule has 3 aliphatic rings. The number of halogens is 1. The molecule has 3 aromatic rings. The van der Waals surface area contributed by atoms with Crippen LogP contribution < -0.4 is 15.1 Å². The second-order valence-corrected chi connectivity index (χ2v) is 7.89. The molecule has 1 N–H and O–H groups in total. The molecule has 1 aromatic carbocycles. The molecule has 5 heterocycles. The highest BCUT2D eigenvalue weighted by atomic mass is 19.1. The third kappa shape index (κ3) is 2.56. The van der Waals surface area contributed by atoms with Crippen LogP contribution in [0.4, 0.5) is 26.4 Å². The van der Waals surface area contributed by atoms with E-state index < -0.39 is 6.09 Å². The minimum Gasteiger partial charge on any atom is -0.442 e. The summed E-state index contributed by atoms with van der Waals surface area (Å²) >= 11 is 0. The summed E-state index contributed by atoms with van der Waals surface area (Å²) in [5, 5.41) is 11.4. The minimum absolute atomic E-state index is 0.180. The zero-order chi connectivity index (χ0) is 20.4. The van der Waals surface area contributed by atoms with Crippen LogP contribution in [0.25, 0.3) is 0 Å². The Balaban J connectivity index is 1.24. The molecule has 1 saturated heterocycles. The monoisotopic (exact) mass is 410 g/mol. The van der Waals surface area contributed by atoms with E-state index in [1.807, 2.05) is 24.2 Å². The van der Waals surface area contributed by atoms with Crippen molar-refractivity contribution in [3.05, 3.63) is 53.3 Å². The largest absolute Gasteiger partial charge is 0.442 e. The van der Waals surface area contributed by atoms with E-state index in [1.165, 1.54) is 12.3 Å². The summed E-state index contributed by atoms with van der Waals surface area (Å²) < 4.78 is 27.2. The number of cyclic esters (lactones) is 1. The maximum absolute atomic E-state index is 15.0. The summed E-state index contributed by atoms with van der Waals surface area (Å²) in [4.78, 5) is 16.0. The molecule has 6 rings (SSSR count). The van der Waals surface area contributed by atoms with Gasteiger partial charge in [0.25, 0.3) is 0 Å². The van der Waals surface area contributed by atoms with E-state index in [9.17, 15) is 4.79 Å². The van der Waals surface area contributed by atoms with E-state index >= 15 is 4.39 Å². The van der Waals surface area contributed by atoms with Gasteiger partial charge in [0.2, 0.25) is 0 Å². The number of benzene rings is 1. The smallest absolute Gasteiger partial charge is 0.415 e. The maximum Gasteiger partial charge on any atom is 0.415 e. The fraction of sp³-hybridized carbons (Fsp3) is 0.350. The van der Waals surface area contributed by atoms with Crippen molar-refractivity contribution < 1.29 is 18.4 Å². The summed E-state index contributed by atoms with van der Waals surface area (Å²) in [6, 6.07) is 4.84. The Hall–Kier alpha value is -3.56. The number of nitrogens with zero attached hydrogens (tertiary/aromatic N) is 5. The number of carbonyl (C=O) groups excluding carboxylic acids is 1. The summed E-state index contributed by atoms with van der Waals surface area (Å²) in [7, 11) is 1.89. The van der Waals surface area contributed by atoms with Crippen molar-refractivity contribution in [3.8, 4) is 0 Å². The van der Waals surface area contributed by atoms with Crippen molar-refractivity contribution in [2.45, 2.75) is 31.7 Å². The van der Waals surface area contributed by atoms with E-state index in [4.69, 9.17) is 9.26 Å². The fourth-order valence-corrected chi connectivity index (χ4v) is 4.66. The first-order valence-electron chi connectivity index (χ1n) is 9.79. The zero-order valence-electron chi connectivity index (χ0n) is 16.2. The highest BCUT2D eigenvalue weighted by Gasteiger charge is 2.48. The van der Waals surface area contributed by atoms with E-state index in [-0.39, 0.29) is 18.0 Å². The van der Waals surface area contributed by atoms with Crippen LogP contribution in [0.2, 0.25) is 0 Å². The van der Waals surface area contributed by atoms with Gasteiger partial charge >= 0.3 is 6.09 Å². The molecule has 0 saturated carbocycles. The predicted molar refractivity (Wildman–Crippen MR) is 105 cm³/mol. The lowest BCUT2D eigenvalue weighted by Crippen LogP contribution is -2.36. The number of ether oxygens (including phenoxy) is 1. The van der Waals surface area contributed by atoms with Gasteiger partial charge in [-0.05, 0) is 18.1 Å². The summed E-state index contributed by atoms with van der Waals surface area (Å²) in [6.45, 7) is 1.60. The average Bonchev–Trinajstić information content (AvgIpc) is 3.48. The molecular formula is C20H19FN6O3. The normalized spacial score (nSPS) is 21.6. The van der Waals surface area contributed by atoms with Gasteiger partial charge in [0.1, 0.15) is 18.2 Å². The van der Waals surface area contributed by atoms with Crippen molar-refractivity contribution in [3.63, 3.8) is 0 Å². The molecule has 0 bridgehead atoms. The van der Waals surface area contributed by atoms with E-state index in [0.29, 0.717) is 43.2 Å². The molecule has 1 amide bonds. The Morgan fingerprint density at radius 2 is 2.17 bits per heavy atom. The van der Waals surface area contributed by atoms with Crippen LogP contribution in [-0.4, -0.2) is 39.7 Å². The number of hydrogen-bond acceptors (Lipinski definition) is 7. The van der Waals surface area contributed by atoms with Crippen molar-refractivity contribution in [2.24, 2.45) is 7.05 Å².